The Morgan fingerprint density at radius 3 is 2.56 bits per heavy atom. The van der Waals surface area contributed by atoms with E-state index in [1.807, 2.05) is 45.2 Å². The molecule has 2 aromatic rings. The molecule has 0 spiro atoms. The Morgan fingerprint density at radius 1 is 1.25 bits per heavy atom. The van der Waals surface area contributed by atoms with Crippen LogP contribution in [0.2, 0.25) is 0 Å². The van der Waals surface area contributed by atoms with E-state index in [4.69, 9.17) is 9.47 Å². The number of nitrogens with one attached hydrogen (secondary N) is 1. The maximum Gasteiger partial charge on any atom is 0.229 e. The van der Waals surface area contributed by atoms with Gasteiger partial charge in [0.25, 0.3) is 0 Å². The van der Waals surface area contributed by atoms with Crippen molar-refractivity contribution in [2.24, 2.45) is 5.92 Å². The van der Waals surface area contributed by atoms with E-state index in [9.17, 15) is 18.3 Å². The Labute approximate surface area is 214 Å². The van der Waals surface area contributed by atoms with Gasteiger partial charge in [-0.2, -0.15) is 0 Å². The van der Waals surface area contributed by atoms with Crippen LogP contribution in [0.5, 0.6) is 11.5 Å². The molecule has 0 bridgehead atoms. The van der Waals surface area contributed by atoms with Gasteiger partial charge in [0, 0.05) is 36.8 Å². The summed E-state index contributed by atoms with van der Waals surface area (Å²) >= 11 is 0. The maximum atomic E-state index is 13.2. The van der Waals surface area contributed by atoms with Gasteiger partial charge < -0.3 is 19.5 Å². The number of ether oxygens (including phenoxy) is 2. The lowest BCUT2D eigenvalue weighted by molar-refractivity contribution is -0.134. The van der Waals surface area contributed by atoms with Gasteiger partial charge in [0.15, 0.2) is 0 Å². The van der Waals surface area contributed by atoms with Crippen LogP contribution < -0.4 is 14.2 Å². The Balaban J connectivity index is 1.88. The predicted molar refractivity (Wildman–Crippen MR) is 140 cm³/mol. The van der Waals surface area contributed by atoms with E-state index < -0.39 is 10.0 Å². The molecule has 0 aliphatic carbocycles. The van der Waals surface area contributed by atoms with E-state index in [1.54, 1.807) is 30.2 Å². The zero-order valence-electron chi connectivity index (χ0n) is 21.6. The molecule has 3 rings (SSSR count). The monoisotopic (exact) mass is 519 g/mol. The number of carbonyl (C=O) groups is 1. The normalized spacial score (nSPS) is 19.5. The molecule has 0 saturated heterocycles. The Morgan fingerprint density at radius 2 is 1.94 bits per heavy atom. The minimum Gasteiger partial charge on any atom is -0.497 e. The van der Waals surface area contributed by atoms with Crippen LogP contribution in [0.4, 0.5) is 5.69 Å². The molecule has 0 aromatic heterocycles. The van der Waals surface area contributed by atoms with E-state index in [2.05, 4.69) is 9.62 Å². The predicted octanol–water partition coefficient (Wildman–Crippen LogP) is 2.35. The molecule has 1 heterocycles. The number of methoxy groups -OCH3 is 1. The van der Waals surface area contributed by atoms with E-state index in [-0.39, 0.29) is 37.0 Å². The van der Waals surface area contributed by atoms with Crippen molar-refractivity contribution in [3.05, 3.63) is 53.6 Å². The number of fused-ring (bicyclic) bond motifs is 1. The third-order valence-corrected chi connectivity index (χ3v) is 6.93. The second-order valence-corrected chi connectivity index (χ2v) is 11.4. The molecule has 9 nitrogen and oxygen atoms in total. The van der Waals surface area contributed by atoms with Crippen molar-refractivity contribution in [1.29, 1.82) is 0 Å². The number of aliphatic hydroxyl groups excluding tert-OH is 1. The lowest BCUT2D eigenvalue weighted by Gasteiger charge is -2.34. The third kappa shape index (κ3) is 7.59. The third-order valence-electron chi connectivity index (χ3n) is 6.32. The van der Waals surface area contributed by atoms with Crippen LogP contribution in [0.1, 0.15) is 25.0 Å². The van der Waals surface area contributed by atoms with Gasteiger partial charge in [0.2, 0.25) is 15.9 Å². The zero-order valence-corrected chi connectivity index (χ0v) is 22.4. The van der Waals surface area contributed by atoms with Gasteiger partial charge in [0.1, 0.15) is 17.6 Å². The van der Waals surface area contributed by atoms with Crippen LogP contribution in [0.3, 0.4) is 0 Å². The molecule has 0 radical (unpaired) electrons. The number of hydrogen-bond donors (Lipinski definition) is 2. The fourth-order valence-electron chi connectivity index (χ4n) is 4.34. The van der Waals surface area contributed by atoms with E-state index >= 15 is 0 Å². The second kappa shape index (κ2) is 11.9. The molecule has 3 atom stereocenters. The van der Waals surface area contributed by atoms with Crippen LogP contribution in [-0.4, -0.2) is 81.5 Å². The summed E-state index contributed by atoms with van der Waals surface area (Å²) in [5.41, 5.74) is 2.10. The highest BCUT2D eigenvalue weighted by Gasteiger charge is 2.31. The molecule has 1 aliphatic rings. The highest BCUT2D eigenvalue weighted by atomic mass is 32.2. The van der Waals surface area contributed by atoms with Crippen molar-refractivity contribution < 1.29 is 27.8 Å². The first-order chi connectivity index (χ1) is 17.0. The molecule has 1 amide bonds. The highest BCUT2D eigenvalue weighted by molar-refractivity contribution is 7.92. The van der Waals surface area contributed by atoms with Gasteiger partial charge in [-0.25, -0.2) is 8.42 Å². The fraction of sp³-hybridized carbons (Fsp3) is 0.500. The largest absolute Gasteiger partial charge is 0.497 e. The summed E-state index contributed by atoms with van der Waals surface area (Å²) in [7, 11) is 0.187. The van der Waals surface area contributed by atoms with Crippen LogP contribution in [0.25, 0.3) is 0 Å². The maximum absolute atomic E-state index is 13.2. The van der Waals surface area contributed by atoms with Crippen molar-refractivity contribution in [2.75, 3.05) is 44.8 Å². The van der Waals surface area contributed by atoms with Crippen LogP contribution in [-0.2, 0) is 27.8 Å². The number of sulfonamides is 1. The number of aliphatic hydroxyl groups is 1. The quantitative estimate of drug-likeness (QED) is 0.524. The van der Waals surface area contributed by atoms with Crippen LogP contribution in [0, 0.1) is 5.92 Å². The lowest BCUT2D eigenvalue weighted by Crippen LogP contribution is -2.47. The summed E-state index contributed by atoms with van der Waals surface area (Å²) in [6, 6.07) is 12.6. The summed E-state index contributed by atoms with van der Waals surface area (Å²) in [6.45, 7) is 5.45. The van der Waals surface area contributed by atoms with Crippen LogP contribution >= 0.6 is 0 Å². The van der Waals surface area contributed by atoms with Gasteiger partial charge in [-0.3, -0.25) is 14.4 Å². The average molecular weight is 520 g/mol. The van der Waals surface area contributed by atoms with Crippen LogP contribution in [0.15, 0.2) is 42.5 Å². The molecular weight excluding hydrogens is 482 g/mol. The SMILES string of the molecule is COc1ccc(CN(C)C[C@@H]2Oc3ccc(NS(C)(=O)=O)cc3CC(=O)N([C@H](C)CO)C[C@H]2C)cc1. The molecule has 0 saturated carbocycles. The van der Waals surface area contributed by atoms with Crippen molar-refractivity contribution in [3.63, 3.8) is 0 Å². The van der Waals surface area contributed by atoms with Gasteiger partial charge >= 0.3 is 0 Å². The number of likely N-dealkylation sites (N-methyl/N-ethyl adjacent to an activating group) is 1. The minimum absolute atomic E-state index is 0.0268. The molecular formula is C26H37N3O6S. The van der Waals surface area contributed by atoms with E-state index in [1.165, 1.54) is 0 Å². The summed E-state index contributed by atoms with van der Waals surface area (Å²) in [5.74, 6) is 1.19. The number of nitrogens with zero attached hydrogens (tertiary/aromatic N) is 2. The number of anilines is 1. The summed E-state index contributed by atoms with van der Waals surface area (Å²) in [4.78, 5) is 17.1. The first-order valence-corrected chi connectivity index (χ1v) is 13.9. The van der Waals surface area contributed by atoms with Gasteiger partial charge in [0.05, 0.1) is 32.4 Å². The number of carbonyl (C=O) groups excluding carboxylic acids is 1. The van der Waals surface area contributed by atoms with Crippen molar-refractivity contribution >= 4 is 21.6 Å². The summed E-state index contributed by atoms with van der Waals surface area (Å²) in [6.07, 6.45) is 0.873. The van der Waals surface area contributed by atoms with Gasteiger partial charge in [-0.1, -0.05) is 19.1 Å². The van der Waals surface area contributed by atoms with Crippen molar-refractivity contribution in [2.45, 2.75) is 39.0 Å². The van der Waals surface area contributed by atoms with E-state index in [0.29, 0.717) is 36.6 Å². The Bertz CT molecular complexity index is 1140. The lowest BCUT2D eigenvalue weighted by atomic mass is 10.0. The standard InChI is InChI=1S/C26H37N3O6S/c1-18-14-29(19(2)17-30)26(31)13-21-12-22(27-36(5,32)33)8-11-24(21)35-25(18)16-28(3)15-20-6-9-23(34-4)10-7-20/h6-12,18-19,25,27,30H,13-17H2,1-5H3/t18-,19-,25+/m1/s1. The minimum atomic E-state index is -3.47. The molecule has 0 unspecified atom stereocenters. The molecule has 0 fully saturated rings. The smallest absolute Gasteiger partial charge is 0.229 e. The highest BCUT2D eigenvalue weighted by Crippen LogP contribution is 2.29. The second-order valence-electron chi connectivity index (χ2n) is 9.63. The molecule has 2 N–H and O–H groups in total. The molecule has 1 aliphatic heterocycles. The number of hydrogen-bond acceptors (Lipinski definition) is 7. The molecule has 36 heavy (non-hydrogen) atoms. The van der Waals surface area contributed by atoms with E-state index in [0.717, 1.165) is 17.6 Å². The first-order valence-electron chi connectivity index (χ1n) is 12.0. The summed E-state index contributed by atoms with van der Waals surface area (Å²) in [5, 5.41) is 9.78. The number of benzene rings is 2. The fourth-order valence-corrected chi connectivity index (χ4v) is 4.89. The van der Waals surface area contributed by atoms with Crippen molar-refractivity contribution in [3.8, 4) is 11.5 Å². The molecule has 198 valence electrons. The van der Waals surface area contributed by atoms with Gasteiger partial charge in [-0.05, 0) is 49.9 Å². The summed E-state index contributed by atoms with van der Waals surface area (Å²) < 4.78 is 37.7. The van der Waals surface area contributed by atoms with Crippen molar-refractivity contribution in [1.82, 2.24) is 9.80 Å². The Kier molecular flexibility index (Phi) is 9.21. The molecule has 2 aromatic carbocycles. The zero-order chi connectivity index (χ0) is 26.5. The number of amides is 1. The number of rotatable bonds is 9. The topological polar surface area (TPSA) is 108 Å². The Hall–Kier alpha value is -2.82. The average Bonchev–Trinajstić information content (AvgIpc) is 2.86. The van der Waals surface area contributed by atoms with Gasteiger partial charge in [-0.15, -0.1) is 0 Å². The first kappa shape index (κ1) is 27.8. The molecule has 10 heteroatoms.